The van der Waals surface area contributed by atoms with E-state index in [1.807, 2.05) is 6.07 Å². The van der Waals surface area contributed by atoms with Crippen molar-refractivity contribution in [2.45, 2.75) is 12.8 Å². The highest BCUT2D eigenvalue weighted by molar-refractivity contribution is 9.10. The van der Waals surface area contributed by atoms with Crippen molar-refractivity contribution in [1.29, 1.82) is 0 Å². The zero-order chi connectivity index (χ0) is 15.4. The first-order chi connectivity index (χ1) is 10.7. The second-order valence-corrected chi connectivity index (χ2v) is 5.56. The van der Waals surface area contributed by atoms with Crippen LogP contribution in [0.15, 0.2) is 45.6 Å². The number of rotatable bonds is 5. The van der Waals surface area contributed by atoms with E-state index in [9.17, 15) is 4.79 Å². The van der Waals surface area contributed by atoms with Crippen LogP contribution in [0, 0.1) is 0 Å². The standard InChI is InChI=1S/C15H15BrN2O4/c16-13-5-4-11(22-13)9-18(10-14-20-7-8-21-14)15(19)12-3-1-2-6-17-12/h1-6,14H,7-10H2. The molecular weight excluding hydrogens is 352 g/mol. The lowest BCUT2D eigenvalue weighted by Crippen LogP contribution is -2.37. The zero-order valence-electron chi connectivity index (χ0n) is 11.8. The van der Waals surface area contributed by atoms with Crippen LogP contribution in [0.3, 0.4) is 0 Å². The van der Waals surface area contributed by atoms with Crippen molar-refractivity contribution in [3.05, 3.63) is 52.7 Å². The fourth-order valence-corrected chi connectivity index (χ4v) is 2.53. The molecule has 3 heterocycles. The summed E-state index contributed by atoms with van der Waals surface area (Å²) in [5, 5.41) is 0. The van der Waals surface area contributed by atoms with Crippen LogP contribution in [0.1, 0.15) is 16.2 Å². The summed E-state index contributed by atoms with van der Waals surface area (Å²) in [5.74, 6) is 0.487. The molecule has 0 aromatic carbocycles. The Labute approximate surface area is 136 Å². The predicted octanol–water partition coefficient (Wildman–Crippen LogP) is 2.45. The average molecular weight is 367 g/mol. The lowest BCUT2D eigenvalue weighted by Gasteiger charge is -2.23. The zero-order valence-corrected chi connectivity index (χ0v) is 13.4. The Morgan fingerprint density at radius 3 is 2.73 bits per heavy atom. The lowest BCUT2D eigenvalue weighted by molar-refractivity contribution is -0.0591. The number of hydrogen-bond donors (Lipinski definition) is 0. The summed E-state index contributed by atoms with van der Waals surface area (Å²) in [6, 6.07) is 8.85. The number of ether oxygens (including phenoxy) is 2. The average Bonchev–Trinajstić information content (AvgIpc) is 3.19. The summed E-state index contributed by atoms with van der Waals surface area (Å²) >= 11 is 3.26. The van der Waals surface area contributed by atoms with Crippen LogP contribution in [0.5, 0.6) is 0 Å². The van der Waals surface area contributed by atoms with E-state index in [0.717, 1.165) is 0 Å². The van der Waals surface area contributed by atoms with E-state index in [1.54, 1.807) is 35.4 Å². The molecule has 3 rings (SSSR count). The number of hydrogen-bond acceptors (Lipinski definition) is 5. The summed E-state index contributed by atoms with van der Waals surface area (Å²) in [5.41, 5.74) is 0.381. The van der Waals surface area contributed by atoms with Gasteiger partial charge in [-0.15, -0.1) is 0 Å². The van der Waals surface area contributed by atoms with Gasteiger partial charge in [0, 0.05) is 6.20 Å². The molecule has 0 atom stereocenters. The molecule has 0 bridgehead atoms. The molecule has 0 saturated carbocycles. The Bertz CT molecular complexity index is 625. The van der Waals surface area contributed by atoms with Gasteiger partial charge >= 0.3 is 0 Å². The third-order valence-electron chi connectivity index (χ3n) is 3.21. The van der Waals surface area contributed by atoms with Gasteiger partial charge in [0.25, 0.3) is 5.91 Å². The molecule has 7 heteroatoms. The molecule has 0 spiro atoms. The van der Waals surface area contributed by atoms with Crippen LogP contribution in [0.4, 0.5) is 0 Å². The molecular formula is C15H15BrN2O4. The number of aromatic nitrogens is 1. The van der Waals surface area contributed by atoms with Gasteiger partial charge in [0.2, 0.25) is 0 Å². The van der Waals surface area contributed by atoms with Crippen molar-refractivity contribution in [2.75, 3.05) is 19.8 Å². The van der Waals surface area contributed by atoms with Gasteiger partial charge in [-0.25, -0.2) is 0 Å². The number of carbonyl (C=O) groups is 1. The largest absolute Gasteiger partial charge is 0.452 e. The van der Waals surface area contributed by atoms with Gasteiger partial charge < -0.3 is 18.8 Å². The Balaban J connectivity index is 1.76. The van der Waals surface area contributed by atoms with Crippen molar-refractivity contribution in [1.82, 2.24) is 9.88 Å². The molecule has 6 nitrogen and oxygen atoms in total. The smallest absolute Gasteiger partial charge is 0.273 e. The molecule has 1 saturated heterocycles. The SMILES string of the molecule is O=C(c1ccccn1)N(Cc1ccc(Br)o1)CC1OCCO1. The van der Waals surface area contributed by atoms with Crippen LogP contribution in [-0.2, 0) is 16.0 Å². The van der Waals surface area contributed by atoms with E-state index in [4.69, 9.17) is 13.9 Å². The molecule has 0 N–H and O–H groups in total. The highest BCUT2D eigenvalue weighted by Gasteiger charge is 2.25. The van der Waals surface area contributed by atoms with E-state index in [0.29, 0.717) is 42.4 Å². The lowest BCUT2D eigenvalue weighted by atomic mass is 10.3. The van der Waals surface area contributed by atoms with Crippen LogP contribution in [0.25, 0.3) is 0 Å². The second kappa shape index (κ2) is 7.04. The molecule has 0 radical (unpaired) electrons. The first-order valence-corrected chi connectivity index (χ1v) is 7.69. The van der Waals surface area contributed by atoms with Gasteiger partial charge in [0.05, 0.1) is 26.3 Å². The minimum Gasteiger partial charge on any atom is -0.452 e. The third kappa shape index (κ3) is 3.73. The quantitative estimate of drug-likeness (QED) is 0.812. The molecule has 116 valence electrons. The van der Waals surface area contributed by atoms with Crippen LogP contribution >= 0.6 is 15.9 Å². The minimum absolute atomic E-state index is 0.188. The van der Waals surface area contributed by atoms with Gasteiger partial charge in [0.1, 0.15) is 11.5 Å². The molecule has 1 aliphatic heterocycles. The fourth-order valence-electron chi connectivity index (χ4n) is 2.19. The van der Waals surface area contributed by atoms with Crippen molar-refractivity contribution in [2.24, 2.45) is 0 Å². The predicted molar refractivity (Wildman–Crippen MR) is 81.1 cm³/mol. The first kappa shape index (κ1) is 15.2. The second-order valence-electron chi connectivity index (χ2n) is 4.78. The Morgan fingerprint density at radius 1 is 1.27 bits per heavy atom. The highest BCUT2D eigenvalue weighted by atomic mass is 79.9. The maximum atomic E-state index is 12.6. The molecule has 1 amide bonds. The first-order valence-electron chi connectivity index (χ1n) is 6.90. The molecule has 2 aromatic rings. The highest BCUT2D eigenvalue weighted by Crippen LogP contribution is 2.18. The minimum atomic E-state index is -0.411. The summed E-state index contributed by atoms with van der Waals surface area (Å²) < 4.78 is 17.0. The fraction of sp³-hybridized carbons (Fsp3) is 0.333. The number of furan rings is 1. The van der Waals surface area contributed by atoms with E-state index in [-0.39, 0.29) is 5.91 Å². The van der Waals surface area contributed by atoms with Gasteiger partial charge in [-0.3, -0.25) is 9.78 Å². The molecule has 1 fully saturated rings. The van der Waals surface area contributed by atoms with Crippen LogP contribution in [0.2, 0.25) is 0 Å². The Kier molecular flexibility index (Phi) is 4.87. The maximum absolute atomic E-state index is 12.6. The Morgan fingerprint density at radius 2 is 2.09 bits per heavy atom. The summed E-state index contributed by atoms with van der Waals surface area (Å²) in [6.07, 6.45) is 1.18. The number of carbonyl (C=O) groups excluding carboxylic acids is 1. The van der Waals surface area contributed by atoms with Crippen molar-refractivity contribution < 1.29 is 18.7 Å². The van der Waals surface area contributed by atoms with Crippen molar-refractivity contribution in [3.8, 4) is 0 Å². The van der Waals surface area contributed by atoms with Gasteiger partial charge in [-0.2, -0.15) is 0 Å². The maximum Gasteiger partial charge on any atom is 0.273 e. The molecule has 1 aliphatic rings. The topological polar surface area (TPSA) is 64.8 Å². The van der Waals surface area contributed by atoms with E-state index < -0.39 is 6.29 Å². The number of pyridine rings is 1. The molecule has 0 unspecified atom stereocenters. The van der Waals surface area contributed by atoms with Crippen LogP contribution < -0.4 is 0 Å². The van der Waals surface area contributed by atoms with E-state index in [1.165, 1.54) is 0 Å². The molecule has 2 aromatic heterocycles. The van der Waals surface area contributed by atoms with Crippen molar-refractivity contribution in [3.63, 3.8) is 0 Å². The molecule has 22 heavy (non-hydrogen) atoms. The number of nitrogens with zero attached hydrogens (tertiary/aromatic N) is 2. The van der Waals surface area contributed by atoms with Gasteiger partial charge in [-0.05, 0) is 40.2 Å². The third-order valence-corrected chi connectivity index (χ3v) is 3.63. The summed E-state index contributed by atoms with van der Waals surface area (Å²) in [6.45, 7) is 1.74. The van der Waals surface area contributed by atoms with E-state index in [2.05, 4.69) is 20.9 Å². The number of halogens is 1. The van der Waals surface area contributed by atoms with E-state index >= 15 is 0 Å². The van der Waals surface area contributed by atoms with Crippen molar-refractivity contribution >= 4 is 21.8 Å². The summed E-state index contributed by atoms with van der Waals surface area (Å²) in [7, 11) is 0. The summed E-state index contributed by atoms with van der Waals surface area (Å²) in [4.78, 5) is 18.4. The molecule has 0 aliphatic carbocycles. The van der Waals surface area contributed by atoms with Gasteiger partial charge in [-0.1, -0.05) is 6.07 Å². The Hall–Kier alpha value is -1.70. The normalized spacial score (nSPS) is 15.1. The monoisotopic (exact) mass is 366 g/mol. The van der Waals surface area contributed by atoms with Gasteiger partial charge in [0.15, 0.2) is 11.0 Å². The van der Waals surface area contributed by atoms with Crippen LogP contribution in [-0.4, -0.2) is 41.8 Å². The number of amides is 1.